The lowest BCUT2D eigenvalue weighted by molar-refractivity contribution is -0.143. The number of nitrogens with zero attached hydrogens (tertiary/aromatic N) is 3. The van der Waals surface area contributed by atoms with Gasteiger partial charge in [-0.1, -0.05) is 46.2 Å². The van der Waals surface area contributed by atoms with Crippen LogP contribution in [-0.2, 0) is 44.8 Å². The summed E-state index contributed by atoms with van der Waals surface area (Å²) in [5.41, 5.74) is 33.8. The number of carboxylic acid groups (broad SMARTS) is 1. The highest BCUT2D eigenvalue weighted by atomic mass is 16.4. The summed E-state index contributed by atoms with van der Waals surface area (Å²) in [4.78, 5) is 119. The van der Waals surface area contributed by atoms with Gasteiger partial charge in [-0.05, 0) is 74.5 Å². The van der Waals surface area contributed by atoms with Crippen LogP contribution in [-0.4, -0.2) is 176 Å². The number of benzene rings is 1. The molecule has 7 atom stereocenters. The molecular weight excluding hydrogens is 975 g/mol. The number of amides is 7. The first kappa shape index (κ1) is 64.3. The third kappa shape index (κ3) is 24.4. The highest BCUT2D eigenvalue weighted by Gasteiger charge is 2.40. The van der Waals surface area contributed by atoms with E-state index in [0.717, 1.165) is 0 Å². The van der Waals surface area contributed by atoms with Gasteiger partial charge in [0.05, 0.1) is 12.5 Å². The molecule has 1 saturated heterocycles. The molecule has 7 amide bonds. The molecular formula is C48H85N17O10. The summed E-state index contributed by atoms with van der Waals surface area (Å²) in [5.74, 6) is -7.55. The zero-order chi connectivity index (χ0) is 56.0. The van der Waals surface area contributed by atoms with Gasteiger partial charge >= 0.3 is 5.97 Å². The standard InChI is InChI=1S/C48H85N17O10/c1-5-29(4)39(44(72)63-36(46(74)75)23-28(2)3)64-42(70)35(24-30-12-14-32(66)15-13-30)62-43(71)37-11-8-22-65(37)45(73)34(10-7-19-58-48(53)54)61-41(69)33(9-6-18-57-47(51)52)60-38(67)27-59-40(68)31(25-55-20-16-49)26-56-21-17-50/h12-15,28-29,31,33-37,39,55-56,66H,5-11,16-27,49-50H2,1-4H3,(H,59,68)(H,60,67)(H,61,69)(H,62,71)(H,63,72)(H,64,70)(H,74,75)(H4,51,52,57)(H4,53,54,58)/t29?,33?,34-,35-,36-,37-,39-/m0/s1. The van der Waals surface area contributed by atoms with Crippen molar-refractivity contribution in [3.05, 3.63) is 29.8 Å². The van der Waals surface area contributed by atoms with Gasteiger partial charge in [-0.25, -0.2) is 4.79 Å². The van der Waals surface area contributed by atoms with E-state index in [1.807, 2.05) is 13.8 Å². The average Bonchev–Trinajstić information content (AvgIpc) is 3.86. The number of carbonyl (C=O) groups is 8. The molecule has 75 heavy (non-hydrogen) atoms. The minimum Gasteiger partial charge on any atom is -0.508 e. The van der Waals surface area contributed by atoms with Crippen LogP contribution in [0.4, 0.5) is 0 Å². The number of hydrogen-bond acceptors (Lipinski definition) is 15. The fourth-order valence-corrected chi connectivity index (χ4v) is 8.14. The number of aliphatic imine (C=N–C) groups is 2. The smallest absolute Gasteiger partial charge is 0.326 e. The fraction of sp³-hybridized carbons (Fsp3) is 0.667. The zero-order valence-corrected chi connectivity index (χ0v) is 43.9. The second-order valence-electron chi connectivity index (χ2n) is 19.0. The number of rotatable bonds is 36. The van der Waals surface area contributed by atoms with E-state index in [0.29, 0.717) is 44.6 Å². The summed E-state index contributed by atoms with van der Waals surface area (Å²) in [6.45, 7) is 9.07. The summed E-state index contributed by atoms with van der Waals surface area (Å²) in [6.07, 6.45) is 1.39. The molecule has 22 N–H and O–H groups in total. The Bertz CT molecular complexity index is 2040. The van der Waals surface area contributed by atoms with E-state index < -0.39 is 102 Å². The Balaban J connectivity index is 2.45. The number of carbonyl (C=O) groups excluding carboxylic acids is 7. The van der Waals surface area contributed by atoms with Crippen molar-refractivity contribution in [3.63, 3.8) is 0 Å². The minimum atomic E-state index is -1.33. The largest absolute Gasteiger partial charge is 0.508 e. The summed E-state index contributed by atoms with van der Waals surface area (Å²) < 4.78 is 0. The number of carboxylic acids is 1. The molecule has 1 aromatic rings. The second kappa shape index (κ2) is 34.6. The van der Waals surface area contributed by atoms with Gasteiger partial charge in [0.1, 0.15) is 42.0 Å². The number of phenolic OH excluding ortho intramolecular Hbond substituents is 1. The predicted molar refractivity (Wildman–Crippen MR) is 283 cm³/mol. The average molecular weight is 1060 g/mol. The van der Waals surface area contributed by atoms with Crippen LogP contribution in [0.1, 0.15) is 84.6 Å². The van der Waals surface area contributed by atoms with Crippen LogP contribution < -0.4 is 76.9 Å². The topological polar surface area (TPSA) is 457 Å². The van der Waals surface area contributed by atoms with Crippen molar-refractivity contribution in [1.82, 2.24) is 47.4 Å². The van der Waals surface area contributed by atoms with Crippen LogP contribution in [0, 0.1) is 17.8 Å². The van der Waals surface area contributed by atoms with Gasteiger partial charge in [0.2, 0.25) is 41.4 Å². The van der Waals surface area contributed by atoms with Gasteiger partial charge in [-0.15, -0.1) is 0 Å². The Hall–Kier alpha value is -6.84. The maximum absolute atomic E-state index is 14.7. The molecule has 0 bridgehead atoms. The molecule has 2 rings (SSSR count). The molecule has 27 heteroatoms. The first-order valence-electron chi connectivity index (χ1n) is 25.6. The van der Waals surface area contributed by atoms with Crippen LogP contribution in [0.25, 0.3) is 0 Å². The Morgan fingerprint density at radius 2 is 1.28 bits per heavy atom. The SMILES string of the molecule is CCC(C)[C@H](NC(=O)[C@H](Cc1ccc(O)cc1)NC(=O)[C@@H]1CCCN1C(=O)[C@H](CCCN=C(N)N)NC(=O)C(CCCN=C(N)N)NC(=O)CNC(=O)C(CNCCN)CNCCN)C(=O)N[C@@H](CC(C)C)C(=O)O. The summed E-state index contributed by atoms with van der Waals surface area (Å²) >= 11 is 0. The number of nitrogens with one attached hydrogen (secondary N) is 8. The number of phenols is 1. The lowest BCUT2D eigenvalue weighted by atomic mass is 9.96. The maximum Gasteiger partial charge on any atom is 0.326 e. The zero-order valence-electron chi connectivity index (χ0n) is 43.9. The molecule has 27 nitrogen and oxygen atoms in total. The Morgan fingerprint density at radius 1 is 0.720 bits per heavy atom. The lowest BCUT2D eigenvalue weighted by Crippen LogP contribution is -2.60. The van der Waals surface area contributed by atoms with Crippen LogP contribution in [0.3, 0.4) is 0 Å². The molecule has 0 saturated carbocycles. The Labute approximate surface area is 439 Å². The third-order valence-electron chi connectivity index (χ3n) is 12.3. The van der Waals surface area contributed by atoms with Crippen LogP contribution in [0.15, 0.2) is 34.3 Å². The Kier molecular flexibility index (Phi) is 29.7. The molecule has 0 aromatic heterocycles. The number of guanidine groups is 2. The molecule has 0 aliphatic carbocycles. The van der Waals surface area contributed by atoms with Gasteiger partial charge in [0.15, 0.2) is 11.9 Å². The minimum absolute atomic E-state index is 0.00270. The fourth-order valence-electron chi connectivity index (χ4n) is 8.14. The molecule has 1 fully saturated rings. The van der Waals surface area contributed by atoms with E-state index >= 15 is 0 Å². The molecule has 0 spiro atoms. The monoisotopic (exact) mass is 1060 g/mol. The lowest BCUT2D eigenvalue weighted by Gasteiger charge is -2.31. The third-order valence-corrected chi connectivity index (χ3v) is 12.3. The summed E-state index contributed by atoms with van der Waals surface area (Å²) in [5, 5.41) is 42.1. The van der Waals surface area contributed by atoms with Crippen molar-refractivity contribution in [2.45, 2.75) is 122 Å². The first-order chi connectivity index (χ1) is 35.6. The normalized spacial score (nSPS) is 15.6. The van der Waals surface area contributed by atoms with Crippen molar-refractivity contribution >= 4 is 59.2 Å². The highest BCUT2D eigenvalue weighted by molar-refractivity contribution is 5.97. The Morgan fingerprint density at radius 3 is 1.81 bits per heavy atom. The molecule has 0 radical (unpaired) electrons. The molecule has 1 aliphatic rings. The number of nitrogens with two attached hydrogens (primary N) is 6. The molecule has 1 aromatic carbocycles. The van der Waals surface area contributed by atoms with Gasteiger partial charge in [0.25, 0.3) is 0 Å². The van der Waals surface area contributed by atoms with Gasteiger partial charge < -0.3 is 92.0 Å². The molecule has 2 unspecified atom stereocenters. The van der Waals surface area contributed by atoms with Crippen molar-refractivity contribution in [2.75, 3.05) is 65.4 Å². The van der Waals surface area contributed by atoms with Crippen molar-refractivity contribution in [3.8, 4) is 5.75 Å². The van der Waals surface area contributed by atoms with Gasteiger partial charge in [0, 0.05) is 65.3 Å². The van der Waals surface area contributed by atoms with Gasteiger partial charge in [-0.3, -0.25) is 43.5 Å². The van der Waals surface area contributed by atoms with E-state index in [2.05, 4.69) is 52.5 Å². The number of aliphatic carboxylic acids is 1. The number of likely N-dealkylation sites (tertiary alicyclic amines) is 1. The van der Waals surface area contributed by atoms with Crippen LogP contribution in [0.5, 0.6) is 5.75 Å². The van der Waals surface area contributed by atoms with Gasteiger partial charge in [-0.2, -0.15) is 0 Å². The van der Waals surface area contributed by atoms with Crippen LogP contribution >= 0.6 is 0 Å². The van der Waals surface area contributed by atoms with Crippen LogP contribution in [0.2, 0.25) is 0 Å². The highest BCUT2D eigenvalue weighted by Crippen LogP contribution is 2.21. The predicted octanol–water partition coefficient (Wildman–Crippen LogP) is -4.54. The van der Waals surface area contributed by atoms with Crippen molar-refractivity contribution < 1.29 is 48.6 Å². The summed E-state index contributed by atoms with van der Waals surface area (Å²) in [6, 6.07) is -1.50. The van der Waals surface area contributed by atoms with Crippen molar-refractivity contribution in [1.29, 1.82) is 0 Å². The van der Waals surface area contributed by atoms with E-state index in [1.54, 1.807) is 26.0 Å². The van der Waals surface area contributed by atoms with E-state index in [-0.39, 0.29) is 101 Å². The van der Waals surface area contributed by atoms with E-state index in [1.165, 1.54) is 17.0 Å². The molecule has 422 valence electrons. The maximum atomic E-state index is 14.7. The first-order valence-corrected chi connectivity index (χ1v) is 25.6. The van der Waals surface area contributed by atoms with E-state index in [4.69, 9.17) is 34.4 Å². The van der Waals surface area contributed by atoms with Crippen molar-refractivity contribution in [2.24, 2.45) is 62.1 Å². The number of aromatic hydroxyl groups is 1. The quantitative estimate of drug-likeness (QED) is 0.0171. The molecule has 1 heterocycles. The second-order valence-corrected chi connectivity index (χ2v) is 19.0. The number of hydrogen-bond donors (Lipinski definition) is 16. The van der Waals surface area contributed by atoms with E-state index in [9.17, 15) is 48.6 Å². The summed E-state index contributed by atoms with van der Waals surface area (Å²) in [7, 11) is 0. The molecule has 1 aliphatic heterocycles.